The SMILES string of the molecule is CN1CCC(c2ccc(Nc3ncc(C(F)(F)F)c(CCc4ccccc4C4(C(N)=O)CC4)n3)cn2)CC1. The molecule has 10 heteroatoms. The number of pyridine rings is 1. The summed E-state index contributed by atoms with van der Waals surface area (Å²) in [4.78, 5) is 27.1. The summed E-state index contributed by atoms with van der Waals surface area (Å²) >= 11 is 0. The van der Waals surface area contributed by atoms with E-state index in [1.54, 1.807) is 6.20 Å². The van der Waals surface area contributed by atoms with Gasteiger partial charge in [-0.05, 0) is 81.9 Å². The van der Waals surface area contributed by atoms with E-state index in [0.29, 0.717) is 24.4 Å². The normalized spacial score (nSPS) is 17.8. The van der Waals surface area contributed by atoms with Gasteiger partial charge in [0, 0.05) is 17.8 Å². The van der Waals surface area contributed by atoms with Crippen molar-refractivity contribution in [1.29, 1.82) is 0 Å². The van der Waals surface area contributed by atoms with E-state index in [-0.39, 0.29) is 24.5 Å². The summed E-state index contributed by atoms with van der Waals surface area (Å²) in [5.74, 6) is 0.0808. The maximum atomic E-state index is 13.8. The lowest BCUT2D eigenvalue weighted by molar-refractivity contribution is -0.138. The van der Waals surface area contributed by atoms with Crippen LogP contribution in [0.15, 0.2) is 48.8 Å². The lowest BCUT2D eigenvalue weighted by Gasteiger charge is -2.28. The molecule has 2 aliphatic rings. The molecule has 5 rings (SSSR count). The van der Waals surface area contributed by atoms with E-state index in [9.17, 15) is 18.0 Å². The summed E-state index contributed by atoms with van der Waals surface area (Å²) in [6.45, 7) is 2.06. The van der Waals surface area contributed by atoms with Crippen molar-refractivity contribution in [3.63, 3.8) is 0 Å². The van der Waals surface area contributed by atoms with Crippen LogP contribution in [0.5, 0.6) is 0 Å². The van der Waals surface area contributed by atoms with Gasteiger partial charge in [-0.15, -0.1) is 0 Å². The van der Waals surface area contributed by atoms with Crippen molar-refractivity contribution < 1.29 is 18.0 Å². The number of nitrogens with two attached hydrogens (primary N) is 1. The lowest BCUT2D eigenvalue weighted by atomic mass is 9.88. The molecule has 3 aromatic rings. The van der Waals surface area contributed by atoms with Crippen LogP contribution in [0.4, 0.5) is 24.8 Å². The number of carbonyl (C=O) groups is 1. The Labute approximate surface area is 219 Å². The van der Waals surface area contributed by atoms with Gasteiger partial charge in [0.15, 0.2) is 0 Å². The zero-order valence-corrected chi connectivity index (χ0v) is 21.3. The Hall–Kier alpha value is -3.53. The second-order valence-corrected chi connectivity index (χ2v) is 10.3. The number of alkyl halides is 3. The minimum absolute atomic E-state index is 0.0329. The number of benzene rings is 1. The molecule has 1 amide bonds. The maximum absolute atomic E-state index is 13.8. The molecule has 1 saturated heterocycles. The predicted octanol–water partition coefficient (Wildman–Crippen LogP) is 4.75. The van der Waals surface area contributed by atoms with Gasteiger partial charge in [0.2, 0.25) is 11.9 Å². The number of anilines is 2. The second kappa shape index (κ2) is 10.3. The van der Waals surface area contributed by atoms with E-state index < -0.39 is 23.1 Å². The fraction of sp³-hybridized carbons (Fsp3) is 0.429. The summed E-state index contributed by atoms with van der Waals surface area (Å²) in [5, 5.41) is 3.00. The van der Waals surface area contributed by atoms with Crippen LogP contribution < -0.4 is 11.1 Å². The summed E-state index contributed by atoms with van der Waals surface area (Å²) in [5.41, 5.74) is 7.18. The molecule has 1 aliphatic heterocycles. The number of nitrogens with one attached hydrogen (secondary N) is 1. The number of hydrogen-bond acceptors (Lipinski definition) is 6. The number of nitrogens with zero attached hydrogens (tertiary/aromatic N) is 4. The highest BCUT2D eigenvalue weighted by Gasteiger charge is 2.50. The van der Waals surface area contributed by atoms with Crippen molar-refractivity contribution >= 4 is 17.5 Å². The summed E-state index contributed by atoms with van der Waals surface area (Å²) in [6, 6.07) is 11.1. The molecular formula is C28H31F3N6O. The Bertz CT molecular complexity index is 1300. The Morgan fingerprint density at radius 2 is 1.82 bits per heavy atom. The molecule has 38 heavy (non-hydrogen) atoms. The molecule has 0 spiro atoms. The maximum Gasteiger partial charge on any atom is 0.419 e. The van der Waals surface area contributed by atoms with Crippen LogP contribution in [0.2, 0.25) is 0 Å². The first-order valence-electron chi connectivity index (χ1n) is 12.9. The van der Waals surface area contributed by atoms with Crippen molar-refractivity contribution in [2.24, 2.45) is 5.73 Å². The molecule has 2 aromatic heterocycles. The predicted molar refractivity (Wildman–Crippen MR) is 138 cm³/mol. The van der Waals surface area contributed by atoms with Gasteiger partial charge in [0.25, 0.3) is 0 Å². The van der Waals surface area contributed by atoms with Crippen molar-refractivity contribution in [2.45, 2.75) is 56.0 Å². The zero-order chi connectivity index (χ0) is 26.9. The van der Waals surface area contributed by atoms with Gasteiger partial charge in [-0.25, -0.2) is 9.97 Å². The fourth-order valence-electron chi connectivity index (χ4n) is 5.29. The Balaban J connectivity index is 1.34. The number of amides is 1. The summed E-state index contributed by atoms with van der Waals surface area (Å²) in [6.07, 6.45) is 1.62. The topological polar surface area (TPSA) is 97.0 Å². The number of halogens is 3. The highest BCUT2D eigenvalue weighted by atomic mass is 19.4. The average molecular weight is 525 g/mol. The summed E-state index contributed by atoms with van der Waals surface area (Å²) < 4.78 is 41.4. The quantitative estimate of drug-likeness (QED) is 0.442. The third kappa shape index (κ3) is 5.50. The van der Waals surface area contributed by atoms with E-state index in [0.717, 1.165) is 48.9 Å². The first kappa shape index (κ1) is 26.1. The number of aryl methyl sites for hydroxylation is 2. The highest BCUT2D eigenvalue weighted by molar-refractivity contribution is 5.90. The second-order valence-electron chi connectivity index (χ2n) is 10.3. The largest absolute Gasteiger partial charge is 0.419 e. The lowest BCUT2D eigenvalue weighted by Crippen LogP contribution is -2.29. The molecule has 3 heterocycles. The monoisotopic (exact) mass is 524 g/mol. The number of carbonyl (C=O) groups excluding carboxylic acids is 1. The van der Waals surface area contributed by atoms with Crippen molar-refractivity contribution in [2.75, 3.05) is 25.5 Å². The first-order valence-corrected chi connectivity index (χ1v) is 12.9. The molecule has 0 unspecified atom stereocenters. The molecule has 200 valence electrons. The molecule has 1 aromatic carbocycles. The number of likely N-dealkylation sites (tertiary alicyclic amines) is 1. The molecule has 3 N–H and O–H groups in total. The van der Waals surface area contributed by atoms with Crippen LogP contribution in [0.3, 0.4) is 0 Å². The number of rotatable bonds is 8. The van der Waals surface area contributed by atoms with Gasteiger partial charge in [-0.3, -0.25) is 9.78 Å². The van der Waals surface area contributed by atoms with Gasteiger partial charge in [-0.2, -0.15) is 13.2 Å². The third-order valence-corrected chi connectivity index (χ3v) is 7.74. The van der Waals surface area contributed by atoms with Gasteiger partial charge in [0.1, 0.15) is 0 Å². The van der Waals surface area contributed by atoms with Gasteiger partial charge in [-0.1, -0.05) is 24.3 Å². The van der Waals surface area contributed by atoms with E-state index in [2.05, 4.69) is 32.2 Å². The highest BCUT2D eigenvalue weighted by Crippen LogP contribution is 2.49. The Morgan fingerprint density at radius 1 is 1.08 bits per heavy atom. The van der Waals surface area contributed by atoms with E-state index >= 15 is 0 Å². The molecular weight excluding hydrogens is 493 g/mol. The fourth-order valence-corrected chi connectivity index (χ4v) is 5.29. The van der Waals surface area contributed by atoms with Gasteiger partial charge in [0.05, 0.1) is 28.6 Å². The van der Waals surface area contributed by atoms with Crippen LogP contribution in [-0.4, -0.2) is 45.9 Å². The number of piperidine rings is 1. The number of hydrogen-bond donors (Lipinski definition) is 2. The van der Waals surface area contributed by atoms with Crippen LogP contribution in [0.25, 0.3) is 0 Å². The Kier molecular flexibility index (Phi) is 7.09. The van der Waals surface area contributed by atoms with Gasteiger partial charge < -0.3 is 16.0 Å². The first-order chi connectivity index (χ1) is 18.2. The minimum Gasteiger partial charge on any atom is -0.369 e. The smallest absolute Gasteiger partial charge is 0.369 e. The molecule has 0 bridgehead atoms. The van der Waals surface area contributed by atoms with E-state index in [1.165, 1.54) is 0 Å². The minimum atomic E-state index is -4.59. The molecule has 0 radical (unpaired) electrons. The van der Waals surface area contributed by atoms with Crippen molar-refractivity contribution in [3.05, 3.63) is 76.9 Å². The van der Waals surface area contributed by atoms with Crippen molar-refractivity contribution in [1.82, 2.24) is 19.9 Å². The van der Waals surface area contributed by atoms with E-state index in [1.807, 2.05) is 36.4 Å². The van der Waals surface area contributed by atoms with Crippen LogP contribution >= 0.6 is 0 Å². The third-order valence-electron chi connectivity index (χ3n) is 7.74. The molecule has 0 atom stereocenters. The molecule has 1 saturated carbocycles. The average Bonchev–Trinajstić information content (AvgIpc) is 3.70. The summed E-state index contributed by atoms with van der Waals surface area (Å²) in [7, 11) is 2.11. The van der Waals surface area contributed by atoms with Crippen LogP contribution in [-0.2, 0) is 29.2 Å². The Morgan fingerprint density at radius 3 is 2.45 bits per heavy atom. The van der Waals surface area contributed by atoms with Crippen molar-refractivity contribution in [3.8, 4) is 0 Å². The number of primary amides is 1. The van der Waals surface area contributed by atoms with E-state index in [4.69, 9.17) is 5.73 Å². The molecule has 1 aliphatic carbocycles. The molecule has 2 fully saturated rings. The van der Waals surface area contributed by atoms with Crippen LogP contribution in [0.1, 0.15) is 59.7 Å². The zero-order valence-electron chi connectivity index (χ0n) is 21.3. The standard InChI is InChI=1S/C28H31F3N6O/c1-37-14-10-19(11-15-37)23-9-7-20(16-33-23)35-26-34-17-22(28(29,30)31)24(36-26)8-6-18-4-2-3-5-21(18)27(12-13-27)25(32)38/h2-5,7,9,16-17,19H,6,8,10-15H2,1H3,(H2,32,38)(H,34,35,36). The molecule has 7 nitrogen and oxygen atoms in total. The number of aromatic nitrogens is 3. The van der Waals surface area contributed by atoms with Crippen LogP contribution in [0, 0.1) is 0 Å². The van der Waals surface area contributed by atoms with Gasteiger partial charge >= 0.3 is 6.18 Å².